The van der Waals surface area contributed by atoms with Gasteiger partial charge in [0.05, 0.1) is 12.5 Å². The molecule has 1 aromatic heterocycles. The fourth-order valence-corrected chi connectivity index (χ4v) is 1.70. The third-order valence-corrected chi connectivity index (χ3v) is 2.48. The lowest BCUT2D eigenvalue weighted by Gasteiger charge is -2.14. The lowest BCUT2D eigenvalue weighted by molar-refractivity contribution is -0.120. The molecule has 1 rings (SSSR count). The predicted octanol–water partition coefficient (Wildman–Crippen LogP) is 1.15. The number of nitrogens with zero attached hydrogens (tertiary/aromatic N) is 1. The maximum atomic E-state index is 11.6. The zero-order valence-corrected chi connectivity index (χ0v) is 10.4. The van der Waals surface area contributed by atoms with E-state index >= 15 is 0 Å². The molecule has 0 aliphatic heterocycles. The maximum absolute atomic E-state index is 11.6. The van der Waals surface area contributed by atoms with Gasteiger partial charge in [0.2, 0.25) is 5.91 Å². The molecule has 17 heavy (non-hydrogen) atoms. The smallest absolute Gasteiger partial charge is 0.224 e. The van der Waals surface area contributed by atoms with Crippen LogP contribution in [0.4, 0.5) is 0 Å². The van der Waals surface area contributed by atoms with Gasteiger partial charge >= 0.3 is 0 Å². The van der Waals surface area contributed by atoms with Gasteiger partial charge in [-0.1, -0.05) is 13.0 Å². The molecule has 0 saturated carbocycles. The van der Waals surface area contributed by atoms with E-state index < -0.39 is 0 Å². The molecule has 94 valence electrons. The highest BCUT2D eigenvalue weighted by Crippen LogP contribution is 2.04. The summed E-state index contributed by atoms with van der Waals surface area (Å²) in [6, 6.07) is 3.70. The van der Waals surface area contributed by atoms with Gasteiger partial charge < -0.3 is 10.4 Å². The van der Waals surface area contributed by atoms with Gasteiger partial charge in [-0.25, -0.2) is 0 Å². The first-order valence-corrected chi connectivity index (χ1v) is 5.91. The number of amides is 1. The van der Waals surface area contributed by atoms with Crippen molar-refractivity contribution in [2.24, 2.45) is 5.92 Å². The summed E-state index contributed by atoms with van der Waals surface area (Å²) in [5, 5.41) is 12.1. The molecular formula is C13H20N2O2. The van der Waals surface area contributed by atoms with Crippen molar-refractivity contribution in [1.82, 2.24) is 10.3 Å². The van der Waals surface area contributed by atoms with Gasteiger partial charge in [0.1, 0.15) is 0 Å². The quantitative estimate of drug-likeness (QED) is 0.778. The molecule has 2 atom stereocenters. The summed E-state index contributed by atoms with van der Waals surface area (Å²) in [5.74, 6) is 0.281. The number of nitrogens with one attached hydrogen (secondary N) is 1. The van der Waals surface area contributed by atoms with Gasteiger partial charge in [-0.2, -0.15) is 0 Å². The number of hydrogen-bond acceptors (Lipinski definition) is 3. The van der Waals surface area contributed by atoms with Crippen molar-refractivity contribution >= 4 is 5.91 Å². The number of rotatable bonds is 6. The molecule has 0 bridgehead atoms. The monoisotopic (exact) mass is 236 g/mol. The summed E-state index contributed by atoms with van der Waals surface area (Å²) in [6.07, 6.45) is 4.12. The lowest BCUT2D eigenvalue weighted by Crippen LogP contribution is -2.30. The first-order chi connectivity index (χ1) is 8.08. The van der Waals surface area contributed by atoms with E-state index in [1.807, 2.05) is 19.1 Å². The predicted molar refractivity (Wildman–Crippen MR) is 66.4 cm³/mol. The molecule has 2 unspecified atom stereocenters. The molecule has 1 amide bonds. The minimum absolute atomic E-state index is 0.00422. The molecule has 1 aromatic rings. The number of carbonyl (C=O) groups is 1. The van der Waals surface area contributed by atoms with Crippen molar-refractivity contribution < 1.29 is 9.90 Å². The molecule has 4 nitrogen and oxygen atoms in total. The SMILES string of the molecule is CC(O)CC(C)CNC(=O)Cc1cccnc1. The Morgan fingerprint density at radius 3 is 2.88 bits per heavy atom. The fourth-order valence-electron chi connectivity index (χ4n) is 1.70. The summed E-state index contributed by atoms with van der Waals surface area (Å²) in [7, 11) is 0. The normalized spacial score (nSPS) is 14.1. The number of pyridine rings is 1. The van der Waals surface area contributed by atoms with Crippen LogP contribution in [-0.2, 0) is 11.2 Å². The maximum Gasteiger partial charge on any atom is 0.224 e. The van der Waals surface area contributed by atoms with Crippen molar-refractivity contribution in [3.05, 3.63) is 30.1 Å². The standard InChI is InChI=1S/C13H20N2O2/c1-10(6-11(2)16)8-15-13(17)7-12-4-3-5-14-9-12/h3-5,9-11,16H,6-8H2,1-2H3,(H,15,17). The minimum Gasteiger partial charge on any atom is -0.393 e. The summed E-state index contributed by atoms with van der Waals surface area (Å²) in [6.45, 7) is 4.37. The van der Waals surface area contributed by atoms with Gasteiger partial charge in [0, 0.05) is 18.9 Å². The van der Waals surface area contributed by atoms with Crippen LogP contribution >= 0.6 is 0 Å². The zero-order chi connectivity index (χ0) is 12.7. The second kappa shape index (κ2) is 7.01. The van der Waals surface area contributed by atoms with Crippen LogP contribution in [0.1, 0.15) is 25.8 Å². The van der Waals surface area contributed by atoms with E-state index in [1.165, 1.54) is 0 Å². The second-order valence-electron chi connectivity index (χ2n) is 4.53. The third kappa shape index (κ3) is 6.02. The molecule has 0 aromatic carbocycles. The van der Waals surface area contributed by atoms with Crippen LogP contribution in [0.25, 0.3) is 0 Å². The molecule has 0 saturated heterocycles. The molecule has 2 N–H and O–H groups in total. The zero-order valence-electron chi connectivity index (χ0n) is 10.4. The van der Waals surface area contributed by atoms with E-state index in [9.17, 15) is 9.90 Å². The minimum atomic E-state index is -0.319. The Balaban J connectivity index is 2.26. The van der Waals surface area contributed by atoms with E-state index in [0.29, 0.717) is 19.4 Å². The first kappa shape index (κ1) is 13.6. The number of hydrogen-bond donors (Lipinski definition) is 2. The van der Waals surface area contributed by atoms with E-state index in [-0.39, 0.29) is 17.9 Å². The van der Waals surface area contributed by atoms with Gasteiger partial charge in [-0.15, -0.1) is 0 Å². The summed E-state index contributed by atoms with van der Waals surface area (Å²) in [4.78, 5) is 15.6. The summed E-state index contributed by atoms with van der Waals surface area (Å²) in [5.41, 5.74) is 0.910. The lowest BCUT2D eigenvalue weighted by atomic mass is 10.0. The molecule has 0 spiro atoms. The summed E-state index contributed by atoms with van der Waals surface area (Å²) < 4.78 is 0. The second-order valence-corrected chi connectivity index (χ2v) is 4.53. The highest BCUT2D eigenvalue weighted by atomic mass is 16.3. The topological polar surface area (TPSA) is 62.2 Å². The highest BCUT2D eigenvalue weighted by Gasteiger charge is 2.08. The molecule has 0 aliphatic carbocycles. The van der Waals surface area contributed by atoms with Crippen LogP contribution in [-0.4, -0.2) is 28.6 Å². The Kier molecular flexibility index (Phi) is 5.63. The van der Waals surface area contributed by atoms with Crippen molar-refractivity contribution in [2.75, 3.05) is 6.54 Å². The largest absolute Gasteiger partial charge is 0.393 e. The number of aliphatic hydroxyl groups excluding tert-OH is 1. The molecular weight excluding hydrogens is 216 g/mol. The van der Waals surface area contributed by atoms with Crippen LogP contribution in [0, 0.1) is 5.92 Å². The van der Waals surface area contributed by atoms with Crippen molar-refractivity contribution in [1.29, 1.82) is 0 Å². The van der Waals surface area contributed by atoms with Gasteiger partial charge in [0.15, 0.2) is 0 Å². The Bertz CT molecular complexity index is 339. The number of aliphatic hydroxyl groups is 1. The van der Waals surface area contributed by atoms with Crippen LogP contribution < -0.4 is 5.32 Å². The van der Waals surface area contributed by atoms with E-state index in [2.05, 4.69) is 10.3 Å². The van der Waals surface area contributed by atoms with Gasteiger partial charge in [-0.05, 0) is 30.9 Å². The highest BCUT2D eigenvalue weighted by molar-refractivity contribution is 5.78. The average Bonchev–Trinajstić information content (AvgIpc) is 2.27. The number of carbonyl (C=O) groups excluding carboxylic acids is 1. The number of aromatic nitrogens is 1. The molecule has 0 aliphatic rings. The van der Waals surface area contributed by atoms with E-state index in [1.54, 1.807) is 19.3 Å². The summed E-state index contributed by atoms with van der Waals surface area (Å²) >= 11 is 0. The Hall–Kier alpha value is -1.42. The van der Waals surface area contributed by atoms with Crippen molar-refractivity contribution in [3.8, 4) is 0 Å². The van der Waals surface area contributed by atoms with E-state index in [0.717, 1.165) is 5.56 Å². The van der Waals surface area contributed by atoms with Crippen molar-refractivity contribution in [3.63, 3.8) is 0 Å². The molecule has 0 fully saturated rings. The Morgan fingerprint density at radius 1 is 1.53 bits per heavy atom. The van der Waals surface area contributed by atoms with Crippen LogP contribution in [0.3, 0.4) is 0 Å². The van der Waals surface area contributed by atoms with Crippen LogP contribution in [0.5, 0.6) is 0 Å². The Labute approximate surface area is 102 Å². The van der Waals surface area contributed by atoms with Crippen LogP contribution in [0.2, 0.25) is 0 Å². The van der Waals surface area contributed by atoms with Crippen molar-refractivity contribution in [2.45, 2.75) is 32.8 Å². The van der Waals surface area contributed by atoms with Gasteiger partial charge in [-0.3, -0.25) is 9.78 Å². The first-order valence-electron chi connectivity index (χ1n) is 5.91. The third-order valence-electron chi connectivity index (χ3n) is 2.48. The van der Waals surface area contributed by atoms with E-state index in [4.69, 9.17) is 0 Å². The van der Waals surface area contributed by atoms with Crippen LogP contribution in [0.15, 0.2) is 24.5 Å². The Morgan fingerprint density at radius 2 is 2.29 bits per heavy atom. The fraction of sp³-hybridized carbons (Fsp3) is 0.538. The molecule has 4 heteroatoms. The average molecular weight is 236 g/mol. The van der Waals surface area contributed by atoms with Gasteiger partial charge in [0.25, 0.3) is 0 Å². The molecule has 0 radical (unpaired) electrons. The molecule has 1 heterocycles.